The Hall–Kier alpha value is -3.31. The average Bonchev–Trinajstić information content (AvgIpc) is 2.77. The minimum absolute atomic E-state index is 0.0196. The number of carbonyl (C=O) groups excluding carboxylic acids is 1. The highest BCUT2D eigenvalue weighted by molar-refractivity contribution is 5.81. The van der Waals surface area contributed by atoms with Crippen molar-refractivity contribution in [3.63, 3.8) is 0 Å². The van der Waals surface area contributed by atoms with E-state index in [0.717, 1.165) is 33.6 Å². The number of aromatic nitrogens is 1. The predicted octanol–water partition coefficient (Wildman–Crippen LogP) is 5.93. The van der Waals surface area contributed by atoms with Crippen LogP contribution in [-0.2, 0) is 14.9 Å². The highest BCUT2D eigenvalue weighted by Crippen LogP contribution is 2.36. The number of carbonyl (C=O) groups is 1. The predicted molar refractivity (Wildman–Crippen MR) is 128 cm³/mol. The summed E-state index contributed by atoms with van der Waals surface area (Å²) >= 11 is 0. The fourth-order valence-corrected chi connectivity index (χ4v) is 4.05. The van der Waals surface area contributed by atoms with Gasteiger partial charge >= 0.3 is 5.97 Å². The number of rotatable bonds is 4. The molecule has 0 amide bonds. The van der Waals surface area contributed by atoms with Crippen LogP contribution in [0.2, 0.25) is 0 Å². The zero-order valence-electron chi connectivity index (χ0n) is 19.1. The second kappa shape index (κ2) is 9.28. The van der Waals surface area contributed by atoms with Crippen LogP contribution < -0.4 is 0 Å². The molecule has 0 bridgehead atoms. The number of esters is 1. The van der Waals surface area contributed by atoms with Crippen molar-refractivity contribution in [3.8, 4) is 22.4 Å². The molecule has 1 saturated heterocycles. The molecule has 4 rings (SSSR count). The SMILES string of the molecule is CC(C)(C)c1nc(-c2ccccc2)cc(-c2ccc(F)cc2)c1/C=C/[C@@H]1C[C@@H](O)CC(=O)O1. The number of aliphatic hydroxyl groups excluding tert-OH is 1. The van der Waals surface area contributed by atoms with E-state index in [1.165, 1.54) is 12.1 Å². The molecule has 5 heteroatoms. The van der Waals surface area contributed by atoms with Crippen molar-refractivity contribution in [2.75, 3.05) is 0 Å². The number of cyclic esters (lactones) is 1. The molecular formula is C28H28FNO3. The quantitative estimate of drug-likeness (QED) is 0.506. The highest BCUT2D eigenvalue weighted by Gasteiger charge is 2.27. The Kier molecular flexibility index (Phi) is 6.43. The number of hydrogen-bond donors (Lipinski definition) is 1. The smallest absolute Gasteiger partial charge is 0.309 e. The van der Waals surface area contributed by atoms with Crippen molar-refractivity contribution in [1.82, 2.24) is 4.98 Å². The van der Waals surface area contributed by atoms with E-state index in [1.54, 1.807) is 12.1 Å². The molecule has 0 radical (unpaired) electrons. The van der Waals surface area contributed by atoms with Crippen molar-refractivity contribution in [2.24, 2.45) is 0 Å². The third-order valence-corrected chi connectivity index (χ3v) is 5.66. The Morgan fingerprint density at radius 3 is 2.39 bits per heavy atom. The van der Waals surface area contributed by atoms with E-state index >= 15 is 0 Å². The summed E-state index contributed by atoms with van der Waals surface area (Å²) in [5.74, 6) is -0.705. The summed E-state index contributed by atoms with van der Waals surface area (Å²) < 4.78 is 19.1. The second-order valence-corrected chi connectivity index (χ2v) is 9.42. The number of ether oxygens (including phenoxy) is 1. The standard InChI is InChI=1S/C28H28FNO3/c1-28(2,3)27-23(14-13-22-15-21(31)16-26(32)33-22)24(18-9-11-20(29)12-10-18)17-25(30-27)19-7-5-4-6-8-19/h4-14,17,21-22,31H,15-16H2,1-3H3/b14-13+/t21-,22-/m1/s1. The first-order valence-electron chi connectivity index (χ1n) is 11.1. The molecule has 1 aliphatic heterocycles. The van der Waals surface area contributed by atoms with Crippen LogP contribution in [0.1, 0.15) is 44.9 Å². The minimum Gasteiger partial charge on any atom is -0.458 e. The van der Waals surface area contributed by atoms with Gasteiger partial charge in [0.1, 0.15) is 11.9 Å². The number of pyridine rings is 1. The first-order chi connectivity index (χ1) is 15.7. The van der Waals surface area contributed by atoms with Crippen molar-refractivity contribution >= 4 is 12.0 Å². The molecule has 0 unspecified atom stereocenters. The number of aliphatic hydroxyl groups is 1. The molecule has 2 heterocycles. The van der Waals surface area contributed by atoms with Gasteiger partial charge in [0, 0.05) is 23.0 Å². The average molecular weight is 446 g/mol. The molecule has 2 aromatic carbocycles. The molecule has 2 atom stereocenters. The Morgan fingerprint density at radius 2 is 1.76 bits per heavy atom. The lowest BCUT2D eigenvalue weighted by molar-refractivity contribution is -0.156. The zero-order valence-corrected chi connectivity index (χ0v) is 19.1. The Morgan fingerprint density at radius 1 is 1.06 bits per heavy atom. The Labute approximate surface area is 193 Å². The van der Waals surface area contributed by atoms with Gasteiger partial charge in [-0.25, -0.2) is 4.39 Å². The first kappa shape index (κ1) is 22.9. The monoisotopic (exact) mass is 445 g/mol. The van der Waals surface area contributed by atoms with Gasteiger partial charge < -0.3 is 9.84 Å². The molecule has 1 aromatic heterocycles. The number of hydrogen-bond acceptors (Lipinski definition) is 4. The summed E-state index contributed by atoms with van der Waals surface area (Å²) in [6, 6.07) is 18.4. The molecule has 0 aliphatic carbocycles. The largest absolute Gasteiger partial charge is 0.458 e. The molecule has 1 aliphatic rings. The van der Waals surface area contributed by atoms with Gasteiger partial charge in [-0.3, -0.25) is 9.78 Å². The van der Waals surface area contributed by atoms with Crippen LogP contribution in [0.25, 0.3) is 28.5 Å². The van der Waals surface area contributed by atoms with Gasteiger partial charge in [-0.05, 0) is 35.4 Å². The van der Waals surface area contributed by atoms with Crippen LogP contribution in [0.3, 0.4) is 0 Å². The molecule has 4 nitrogen and oxygen atoms in total. The van der Waals surface area contributed by atoms with Crippen molar-refractivity contribution in [3.05, 3.63) is 83.8 Å². The van der Waals surface area contributed by atoms with Gasteiger partial charge in [0.2, 0.25) is 0 Å². The van der Waals surface area contributed by atoms with Crippen LogP contribution in [0.5, 0.6) is 0 Å². The van der Waals surface area contributed by atoms with Crippen LogP contribution in [0.15, 0.2) is 66.7 Å². The summed E-state index contributed by atoms with van der Waals surface area (Å²) in [4.78, 5) is 16.8. The third kappa shape index (κ3) is 5.37. The lowest BCUT2D eigenvalue weighted by Gasteiger charge is -2.26. The van der Waals surface area contributed by atoms with E-state index in [0.29, 0.717) is 6.42 Å². The lowest BCUT2D eigenvalue weighted by atomic mass is 9.84. The molecule has 3 aromatic rings. The van der Waals surface area contributed by atoms with Crippen molar-refractivity contribution in [2.45, 2.75) is 51.2 Å². The third-order valence-electron chi connectivity index (χ3n) is 5.66. The molecule has 33 heavy (non-hydrogen) atoms. The fraction of sp³-hybridized carbons (Fsp3) is 0.286. The van der Waals surface area contributed by atoms with Crippen molar-refractivity contribution < 1.29 is 19.0 Å². The van der Waals surface area contributed by atoms with E-state index in [4.69, 9.17) is 9.72 Å². The van der Waals surface area contributed by atoms with Crippen molar-refractivity contribution in [1.29, 1.82) is 0 Å². The molecule has 1 fully saturated rings. The number of halogens is 1. The molecule has 170 valence electrons. The maximum Gasteiger partial charge on any atom is 0.309 e. The fourth-order valence-electron chi connectivity index (χ4n) is 4.05. The van der Waals surface area contributed by atoms with Gasteiger partial charge in [-0.1, -0.05) is 69.3 Å². The van der Waals surface area contributed by atoms with Gasteiger partial charge in [0.15, 0.2) is 0 Å². The van der Waals surface area contributed by atoms with E-state index in [-0.39, 0.29) is 17.7 Å². The Balaban J connectivity index is 1.89. The van der Waals surface area contributed by atoms with Gasteiger partial charge in [0.05, 0.1) is 23.9 Å². The lowest BCUT2D eigenvalue weighted by Crippen LogP contribution is -2.31. The molecule has 0 saturated carbocycles. The summed E-state index contributed by atoms with van der Waals surface area (Å²) in [6.45, 7) is 6.29. The molecule has 0 spiro atoms. The van der Waals surface area contributed by atoms with Gasteiger partial charge in [-0.15, -0.1) is 0 Å². The summed E-state index contributed by atoms with van der Waals surface area (Å²) in [5, 5.41) is 9.97. The normalized spacial score (nSPS) is 19.0. The number of nitrogens with zero attached hydrogens (tertiary/aromatic N) is 1. The summed E-state index contributed by atoms with van der Waals surface area (Å²) in [6.07, 6.45) is 2.88. The van der Waals surface area contributed by atoms with E-state index in [2.05, 4.69) is 20.8 Å². The maximum atomic E-state index is 13.7. The molecular weight excluding hydrogens is 417 g/mol. The van der Waals surface area contributed by atoms with Gasteiger partial charge in [0.25, 0.3) is 0 Å². The van der Waals surface area contributed by atoms with Gasteiger partial charge in [-0.2, -0.15) is 0 Å². The molecule has 1 N–H and O–H groups in total. The van der Waals surface area contributed by atoms with Crippen LogP contribution >= 0.6 is 0 Å². The van der Waals surface area contributed by atoms with Crippen LogP contribution in [0, 0.1) is 5.82 Å². The maximum absolute atomic E-state index is 13.7. The topological polar surface area (TPSA) is 59.4 Å². The summed E-state index contributed by atoms with van der Waals surface area (Å²) in [5.41, 5.74) is 5.06. The number of benzene rings is 2. The zero-order chi connectivity index (χ0) is 23.6. The van der Waals surface area contributed by atoms with Crippen LogP contribution in [-0.4, -0.2) is 28.3 Å². The highest BCUT2D eigenvalue weighted by atomic mass is 19.1. The minimum atomic E-state index is -0.710. The van der Waals surface area contributed by atoms with E-state index in [9.17, 15) is 14.3 Å². The van der Waals surface area contributed by atoms with E-state index in [1.807, 2.05) is 48.6 Å². The second-order valence-electron chi connectivity index (χ2n) is 9.42. The Bertz CT molecular complexity index is 1160. The van der Waals surface area contributed by atoms with Crippen LogP contribution in [0.4, 0.5) is 4.39 Å². The first-order valence-corrected chi connectivity index (χ1v) is 11.1. The van der Waals surface area contributed by atoms with E-state index < -0.39 is 18.2 Å². The summed E-state index contributed by atoms with van der Waals surface area (Å²) in [7, 11) is 0.